The number of aromatic nitrogens is 2. The summed E-state index contributed by atoms with van der Waals surface area (Å²) in [5.74, 6) is -0.143. The van der Waals surface area contributed by atoms with Gasteiger partial charge < -0.3 is 4.90 Å². The van der Waals surface area contributed by atoms with E-state index in [2.05, 4.69) is 21.6 Å². The van der Waals surface area contributed by atoms with Gasteiger partial charge in [0, 0.05) is 30.1 Å². The number of aryl methyl sites for hydroxylation is 3. The number of amides is 2. The number of carbonyl (C=O) groups is 2. The lowest BCUT2D eigenvalue weighted by molar-refractivity contribution is -0.117. The van der Waals surface area contributed by atoms with Gasteiger partial charge in [-0.05, 0) is 55.7 Å². The molecular formula is C22H22N4O2S. The molecule has 1 aliphatic rings. The van der Waals surface area contributed by atoms with E-state index in [0.717, 1.165) is 27.4 Å². The highest BCUT2D eigenvalue weighted by Crippen LogP contribution is 2.35. The Labute approximate surface area is 173 Å². The van der Waals surface area contributed by atoms with E-state index in [-0.39, 0.29) is 17.7 Å². The largest absolute Gasteiger partial charge is 0.312 e. The first-order valence-corrected chi connectivity index (χ1v) is 10.3. The Morgan fingerprint density at radius 3 is 2.55 bits per heavy atom. The van der Waals surface area contributed by atoms with Gasteiger partial charge in [-0.1, -0.05) is 35.6 Å². The molecule has 29 heavy (non-hydrogen) atoms. The molecule has 0 saturated carbocycles. The van der Waals surface area contributed by atoms with Gasteiger partial charge in [0.05, 0.1) is 0 Å². The number of rotatable bonds is 4. The van der Waals surface area contributed by atoms with Crippen molar-refractivity contribution < 1.29 is 9.59 Å². The van der Waals surface area contributed by atoms with Crippen LogP contribution in [0.25, 0.3) is 0 Å². The van der Waals surface area contributed by atoms with E-state index in [1.807, 2.05) is 56.0 Å². The number of hydrogen-bond donors (Lipinski definition) is 1. The van der Waals surface area contributed by atoms with Crippen molar-refractivity contribution in [2.24, 2.45) is 0 Å². The minimum absolute atomic E-state index is 0.0232. The molecule has 148 valence electrons. The molecule has 6 nitrogen and oxygen atoms in total. The molecule has 1 aromatic heterocycles. The standard InChI is InChI=1S/C22H22N4O2S/c1-13-8-14(2)10-17(9-13)26-12-16(11-19(26)27)21-24-25-22(29-21)23-20(28)18-7-5-4-6-15(18)3/h4-10,16H,11-12H2,1-3H3,(H,23,25,28)/t16-/m0/s1. The Bertz CT molecular complexity index is 1070. The van der Waals surface area contributed by atoms with Crippen molar-refractivity contribution in [1.82, 2.24) is 10.2 Å². The zero-order valence-electron chi connectivity index (χ0n) is 16.6. The second kappa shape index (κ2) is 7.75. The average Bonchev–Trinajstić information content (AvgIpc) is 3.27. The summed E-state index contributed by atoms with van der Waals surface area (Å²) < 4.78 is 0. The van der Waals surface area contributed by atoms with Crippen LogP contribution in [0.2, 0.25) is 0 Å². The maximum absolute atomic E-state index is 12.6. The van der Waals surface area contributed by atoms with Crippen LogP contribution < -0.4 is 10.2 Å². The van der Waals surface area contributed by atoms with Gasteiger partial charge in [0.2, 0.25) is 11.0 Å². The molecule has 0 spiro atoms. The minimum atomic E-state index is -0.204. The highest BCUT2D eigenvalue weighted by atomic mass is 32.1. The zero-order chi connectivity index (χ0) is 20.5. The van der Waals surface area contributed by atoms with E-state index in [0.29, 0.717) is 23.7 Å². The molecule has 2 heterocycles. The molecule has 7 heteroatoms. The average molecular weight is 407 g/mol. The number of anilines is 2. The van der Waals surface area contributed by atoms with Gasteiger partial charge in [-0.25, -0.2) is 0 Å². The summed E-state index contributed by atoms with van der Waals surface area (Å²) in [6, 6.07) is 13.6. The monoisotopic (exact) mass is 406 g/mol. The third kappa shape index (κ3) is 4.05. The normalized spacial score (nSPS) is 16.3. The molecule has 1 N–H and O–H groups in total. The third-order valence-corrected chi connectivity index (χ3v) is 6.04. The Kier molecular flexibility index (Phi) is 5.15. The second-order valence-corrected chi connectivity index (χ2v) is 8.47. The van der Waals surface area contributed by atoms with Gasteiger partial charge in [0.25, 0.3) is 5.91 Å². The van der Waals surface area contributed by atoms with Gasteiger partial charge in [-0.2, -0.15) is 0 Å². The van der Waals surface area contributed by atoms with Crippen molar-refractivity contribution in [2.75, 3.05) is 16.8 Å². The molecule has 2 amide bonds. The number of hydrogen-bond acceptors (Lipinski definition) is 5. The zero-order valence-corrected chi connectivity index (χ0v) is 17.4. The SMILES string of the molecule is Cc1cc(C)cc(N2C[C@@H](c3nnc(NC(=O)c4ccccc4C)s3)CC2=O)c1. The molecule has 0 aliphatic carbocycles. The van der Waals surface area contributed by atoms with Crippen LogP contribution in [0, 0.1) is 20.8 Å². The van der Waals surface area contributed by atoms with Gasteiger partial charge >= 0.3 is 0 Å². The van der Waals surface area contributed by atoms with E-state index in [9.17, 15) is 9.59 Å². The Morgan fingerprint density at radius 1 is 1.10 bits per heavy atom. The van der Waals surface area contributed by atoms with Crippen LogP contribution >= 0.6 is 11.3 Å². The van der Waals surface area contributed by atoms with Crippen molar-refractivity contribution >= 4 is 34.0 Å². The highest BCUT2D eigenvalue weighted by molar-refractivity contribution is 7.15. The van der Waals surface area contributed by atoms with Crippen molar-refractivity contribution in [3.8, 4) is 0 Å². The number of carbonyl (C=O) groups excluding carboxylic acids is 2. The van der Waals surface area contributed by atoms with Crippen LogP contribution in [-0.4, -0.2) is 28.6 Å². The maximum Gasteiger partial charge on any atom is 0.257 e. The third-order valence-electron chi connectivity index (χ3n) is 5.04. The lowest BCUT2D eigenvalue weighted by atomic mass is 10.1. The first kappa shape index (κ1) is 19.3. The van der Waals surface area contributed by atoms with Gasteiger partial charge in [0.15, 0.2) is 0 Å². The molecule has 0 radical (unpaired) electrons. The molecule has 2 aromatic carbocycles. The smallest absolute Gasteiger partial charge is 0.257 e. The van der Waals surface area contributed by atoms with Crippen molar-refractivity contribution in [3.05, 3.63) is 69.7 Å². The summed E-state index contributed by atoms with van der Waals surface area (Å²) >= 11 is 1.33. The summed E-state index contributed by atoms with van der Waals surface area (Å²) in [6.07, 6.45) is 0.396. The molecule has 0 bridgehead atoms. The molecule has 3 aromatic rings. The fourth-order valence-electron chi connectivity index (χ4n) is 3.67. The lowest BCUT2D eigenvalue weighted by Gasteiger charge is -2.17. The van der Waals surface area contributed by atoms with Gasteiger partial charge in [-0.3, -0.25) is 14.9 Å². The first-order chi connectivity index (χ1) is 13.9. The van der Waals surface area contributed by atoms with Gasteiger partial charge in [-0.15, -0.1) is 10.2 Å². The minimum Gasteiger partial charge on any atom is -0.312 e. The molecule has 1 atom stereocenters. The summed E-state index contributed by atoms with van der Waals surface area (Å²) in [7, 11) is 0. The topological polar surface area (TPSA) is 75.2 Å². The fourth-order valence-corrected chi connectivity index (χ4v) is 4.50. The molecule has 1 saturated heterocycles. The molecule has 1 aliphatic heterocycles. The van der Waals surface area contributed by atoms with Crippen LogP contribution in [-0.2, 0) is 4.79 Å². The number of benzene rings is 2. The van der Waals surface area contributed by atoms with E-state index in [1.54, 1.807) is 6.07 Å². The van der Waals surface area contributed by atoms with Crippen LogP contribution in [0.1, 0.15) is 44.4 Å². The van der Waals surface area contributed by atoms with Crippen LogP contribution in [0.15, 0.2) is 42.5 Å². The maximum atomic E-state index is 12.6. The highest BCUT2D eigenvalue weighted by Gasteiger charge is 2.34. The second-order valence-electron chi connectivity index (χ2n) is 7.47. The van der Waals surface area contributed by atoms with Crippen molar-refractivity contribution in [3.63, 3.8) is 0 Å². The summed E-state index contributed by atoms with van der Waals surface area (Å²) in [6.45, 7) is 6.53. The molecule has 4 rings (SSSR count). The van der Waals surface area contributed by atoms with Gasteiger partial charge in [0.1, 0.15) is 5.01 Å². The molecular weight excluding hydrogens is 384 g/mol. The lowest BCUT2D eigenvalue weighted by Crippen LogP contribution is -2.24. The fraction of sp³-hybridized carbons (Fsp3) is 0.273. The first-order valence-electron chi connectivity index (χ1n) is 9.50. The van der Waals surface area contributed by atoms with E-state index in [4.69, 9.17) is 0 Å². The number of nitrogens with one attached hydrogen (secondary N) is 1. The van der Waals surface area contributed by atoms with E-state index in [1.165, 1.54) is 11.3 Å². The molecule has 0 unspecified atom stereocenters. The summed E-state index contributed by atoms with van der Waals surface area (Å²) in [5, 5.41) is 12.4. The molecule has 1 fully saturated rings. The Balaban J connectivity index is 1.48. The van der Waals surface area contributed by atoms with Crippen molar-refractivity contribution in [1.29, 1.82) is 0 Å². The van der Waals surface area contributed by atoms with E-state index < -0.39 is 0 Å². The van der Waals surface area contributed by atoms with Crippen molar-refractivity contribution in [2.45, 2.75) is 33.1 Å². The predicted octanol–water partition coefficient (Wildman–Crippen LogP) is 4.24. The van der Waals surface area contributed by atoms with Crippen LogP contribution in [0.4, 0.5) is 10.8 Å². The number of nitrogens with zero attached hydrogens (tertiary/aromatic N) is 3. The Hall–Kier alpha value is -3.06. The Morgan fingerprint density at radius 2 is 1.83 bits per heavy atom. The quantitative estimate of drug-likeness (QED) is 0.703. The van der Waals surface area contributed by atoms with Crippen LogP contribution in [0.5, 0.6) is 0 Å². The predicted molar refractivity (Wildman–Crippen MR) is 115 cm³/mol. The van der Waals surface area contributed by atoms with E-state index >= 15 is 0 Å². The summed E-state index contributed by atoms with van der Waals surface area (Å²) in [5.41, 5.74) is 4.70. The summed E-state index contributed by atoms with van der Waals surface area (Å²) in [4.78, 5) is 26.9. The van der Waals surface area contributed by atoms with Crippen LogP contribution in [0.3, 0.4) is 0 Å².